The third-order valence-electron chi connectivity index (χ3n) is 13.5. The van der Waals surface area contributed by atoms with Gasteiger partial charge in [0.1, 0.15) is 0 Å². The zero-order chi connectivity index (χ0) is 30.6. The summed E-state index contributed by atoms with van der Waals surface area (Å²) in [5.74, 6) is 2.78. The molecule has 0 unspecified atom stereocenters. The number of nitrogens with zero attached hydrogens (tertiary/aromatic N) is 3. The van der Waals surface area contributed by atoms with Crippen LogP contribution in [0.1, 0.15) is 95.9 Å². The molecule has 4 fully saturated rings. The minimum absolute atomic E-state index is 0.000216. The van der Waals surface area contributed by atoms with Crippen LogP contribution in [-0.4, -0.2) is 53.1 Å². The number of fused-ring (bicyclic) bond motifs is 4. The van der Waals surface area contributed by atoms with Crippen molar-refractivity contribution in [3.63, 3.8) is 0 Å². The number of nitrogens with one attached hydrogen (secondary N) is 1. The van der Waals surface area contributed by atoms with Gasteiger partial charge in [0.15, 0.2) is 0 Å². The summed E-state index contributed by atoms with van der Waals surface area (Å²) in [5.41, 5.74) is 4.41. The Hall–Kier alpha value is -2.03. The van der Waals surface area contributed by atoms with Crippen molar-refractivity contribution in [2.24, 2.45) is 40.0 Å². The molecule has 0 bridgehead atoms. The van der Waals surface area contributed by atoms with Gasteiger partial charge in [-0.2, -0.15) is 17.6 Å². The molecule has 2 aromatic rings. The Balaban J connectivity index is 1.09. The first kappa shape index (κ1) is 29.4. The van der Waals surface area contributed by atoms with Crippen LogP contribution in [0.25, 0.3) is 0 Å². The molecule has 44 heavy (non-hydrogen) atoms. The fourth-order valence-corrected chi connectivity index (χ4v) is 12.4. The van der Waals surface area contributed by atoms with Crippen molar-refractivity contribution in [1.82, 2.24) is 14.5 Å². The molecule has 238 valence electrons. The summed E-state index contributed by atoms with van der Waals surface area (Å²) < 4.78 is 35.4. The molecular weight excluding hydrogens is 568 g/mol. The smallest absolute Gasteiger partial charge is 0.282 e. The molecule has 8 rings (SSSR count). The zero-order valence-corrected chi connectivity index (χ0v) is 28.0. The number of aromatic nitrogens is 2. The molecule has 0 radical (unpaired) electrons. The maximum Gasteiger partial charge on any atom is 0.282 e. The number of rotatable bonds is 2. The predicted octanol–water partition coefficient (Wildman–Crippen LogP) is 6.12. The van der Waals surface area contributed by atoms with Gasteiger partial charge in [0.05, 0.1) is 27.8 Å². The van der Waals surface area contributed by atoms with Crippen LogP contribution < -0.4 is 5.32 Å². The lowest BCUT2D eigenvalue weighted by Gasteiger charge is -2.57. The van der Waals surface area contributed by atoms with Crippen molar-refractivity contribution in [3.8, 4) is 0 Å². The molecule has 2 spiro atoms. The molecule has 0 amide bonds. The number of piperidine rings is 1. The lowest BCUT2D eigenvalue weighted by atomic mass is 9.49. The minimum Gasteiger partial charge on any atom is -0.369 e. The highest BCUT2D eigenvalue weighted by atomic mass is 32.2. The van der Waals surface area contributed by atoms with Crippen molar-refractivity contribution in [1.29, 1.82) is 0 Å². The van der Waals surface area contributed by atoms with Crippen molar-refractivity contribution >= 4 is 15.7 Å². The van der Waals surface area contributed by atoms with E-state index in [9.17, 15) is 8.42 Å². The second kappa shape index (κ2) is 9.98. The van der Waals surface area contributed by atoms with Crippen LogP contribution in [0.4, 0.5) is 0 Å². The lowest BCUT2D eigenvalue weighted by molar-refractivity contribution is -0.0759. The summed E-state index contributed by atoms with van der Waals surface area (Å²) >= 11 is 0. The van der Waals surface area contributed by atoms with Gasteiger partial charge in [0.25, 0.3) is 10.0 Å². The summed E-state index contributed by atoms with van der Waals surface area (Å²) in [5, 5.41) is 8.56. The summed E-state index contributed by atoms with van der Waals surface area (Å²) in [6, 6.07) is 7.55. The fraction of sp³-hybridized carbons (Fsp3) is 0.722. The maximum atomic E-state index is 13.5. The van der Waals surface area contributed by atoms with E-state index in [4.69, 9.17) is 14.8 Å². The topological polar surface area (TPSA) is 85.6 Å². The van der Waals surface area contributed by atoms with Gasteiger partial charge in [-0.15, -0.1) is 0 Å². The average Bonchev–Trinajstić information content (AvgIpc) is 3.62. The molecule has 1 aromatic carbocycles. The minimum atomic E-state index is -3.72. The summed E-state index contributed by atoms with van der Waals surface area (Å²) in [6.45, 7) is 12.6. The molecule has 2 saturated heterocycles. The lowest BCUT2D eigenvalue weighted by Crippen LogP contribution is -2.56. The highest BCUT2D eigenvalue weighted by Crippen LogP contribution is 2.65. The number of aryl methyl sites for hydroxylation is 1. The van der Waals surface area contributed by atoms with Gasteiger partial charge in [-0.1, -0.05) is 38.5 Å². The van der Waals surface area contributed by atoms with Crippen molar-refractivity contribution in [2.45, 2.75) is 127 Å². The fourth-order valence-electron chi connectivity index (χ4n) is 11.3. The Bertz CT molecular complexity index is 1600. The number of aliphatic imine (C=N–C) groups is 1. The van der Waals surface area contributed by atoms with E-state index in [-0.39, 0.29) is 16.6 Å². The molecule has 7 nitrogen and oxygen atoms in total. The average molecular weight is 619 g/mol. The van der Waals surface area contributed by atoms with Crippen LogP contribution in [-0.2, 0) is 27.6 Å². The van der Waals surface area contributed by atoms with E-state index in [0.29, 0.717) is 46.6 Å². The largest absolute Gasteiger partial charge is 0.369 e. The number of benzene rings is 1. The molecule has 3 aliphatic carbocycles. The van der Waals surface area contributed by atoms with Crippen LogP contribution >= 0.6 is 0 Å². The molecule has 1 N–H and O–H groups in total. The van der Waals surface area contributed by atoms with E-state index in [1.807, 2.05) is 25.3 Å². The van der Waals surface area contributed by atoms with Gasteiger partial charge in [-0.25, -0.2) is 0 Å². The van der Waals surface area contributed by atoms with Crippen LogP contribution in [0, 0.1) is 41.9 Å². The molecule has 1 aromatic heterocycles. The Morgan fingerprint density at radius 1 is 1.00 bits per heavy atom. The van der Waals surface area contributed by atoms with Crippen LogP contribution in [0.2, 0.25) is 0 Å². The highest BCUT2D eigenvalue weighted by Gasteiger charge is 2.64. The first-order chi connectivity index (χ1) is 20.9. The van der Waals surface area contributed by atoms with Gasteiger partial charge in [-0.05, 0) is 125 Å². The van der Waals surface area contributed by atoms with E-state index in [1.165, 1.54) is 35.5 Å². The van der Waals surface area contributed by atoms with Crippen LogP contribution in [0.5, 0.6) is 0 Å². The van der Waals surface area contributed by atoms with Crippen molar-refractivity contribution in [3.05, 3.63) is 47.3 Å². The second-order valence-electron chi connectivity index (χ2n) is 16.1. The third kappa shape index (κ3) is 4.22. The number of hydrogen-bond donors (Lipinski definition) is 1. The molecule has 2 saturated carbocycles. The SMILES string of the molecule is CC1=N[C@@]23CC[C@@H]4Cc5nn(S(=O)(=O)c6ccc(C)cc6)cc5C[C@]4(C)[C@H]2CC[C@H]3CC[C@@]2(C1)O[C@@H]1C[C@H](C)CN[C@H]1[C@H]2C. The number of ether oxygens (including phenoxy) is 1. The molecule has 4 heterocycles. The predicted molar refractivity (Wildman–Crippen MR) is 172 cm³/mol. The van der Waals surface area contributed by atoms with Crippen molar-refractivity contribution < 1.29 is 13.2 Å². The summed E-state index contributed by atoms with van der Waals surface area (Å²) in [6.07, 6.45) is 13.1. The van der Waals surface area contributed by atoms with Gasteiger partial charge < -0.3 is 10.1 Å². The first-order valence-electron chi connectivity index (χ1n) is 17.3. The normalized spacial score (nSPS) is 43.2. The third-order valence-corrected chi connectivity index (χ3v) is 15.1. The molecular formula is C36H50N4O3S. The zero-order valence-electron chi connectivity index (χ0n) is 27.2. The van der Waals surface area contributed by atoms with Gasteiger partial charge in [0.2, 0.25) is 0 Å². The molecule has 6 aliphatic rings. The van der Waals surface area contributed by atoms with Crippen LogP contribution in [0.3, 0.4) is 0 Å². The Morgan fingerprint density at radius 3 is 2.57 bits per heavy atom. The van der Waals surface area contributed by atoms with Crippen LogP contribution in [0.15, 0.2) is 40.4 Å². The van der Waals surface area contributed by atoms with Gasteiger partial charge in [0, 0.05) is 30.3 Å². The Labute approximate surface area is 263 Å². The van der Waals surface area contributed by atoms with E-state index >= 15 is 0 Å². The van der Waals surface area contributed by atoms with E-state index < -0.39 is 10.0 Å². The standard InChI is InChI=1S/C36H50N4O3S/c1-22-6-9-29(10-7-22)44(41,42)40-21-26-19-34(5)28(17-30(26)39-40)13-15-36-27(8-11-32(34)36)12-14-35(18-24(3)38-36)25(4)33-31(43-35)16-23(2)20-37-33/h6-7,9-10,21,23,25,27-28,31-33,37H,8,11-20H2,1-5H3/t23-,25+,27-,28+,31+,32+,33-,34-,35-,36+/m0/s1. The van der Waals surface area contributed by atoms with Gasteiger partial charge >= 0.3 is 0 Å². The molecule has 10 atom stereocenters. The molecule has 3 aliphatic heterocycles. The Morgan fingerprint density at radius 2 is 1.77 bits per heavy atom. The first-order valence-corrected chi connectivity index (χ1v) is 18.7. The van der Waals surface area contributed by atoms with E-state index in [1.54, 1.807) is 12.1 Å². The molecule has 8 heteroatoms. The van der Waals surface area contributed by atoms with Gasteiger partial charge in [-0.3, -0.25) is 4.99 Å². The Kier molecular flexibility index (Phi) is 6.67. The van der Waals surface area contributed by atoms with Crippen molar-refractivity contribution in [2.75, 3.05) is 6.54 Å². The highest BCUT2D eigenvalue weighted by molar-refractivity contribution is 7.89. The van der Waals surface area contributed by atoms with E-state index in [2.05, 4.69) is 33.0 Å². The quantitative estimate of drug-likeness (QED) is 0.438. The number of hydrogen-bond acceptors (Lipinski definition) is 6. The summed E-state index contributed by atoms with van der Waals surface area (Å²) in [7, 11) is -3.72. The second-order valence-corrected chi connectivity index (χ2v) is 17.9. The van der Waals surface area contributed by atoms with E-state index in [0.717, 1.165) is 61.9 Å². The monoisotopic (exact) mass is 618 g/mol. The maximum absolute atomic E-state index is 13.5. The summed E-state index contributed by atoms with van der Waals surface area (Å²) in [4.78, 5) is 6.12.